The maximum Gasteiger partial charge on any atom is 0.339 e. The Kier molecular flexibility index (Phi) is 7.22. The number of amides is 3. The fourth-order valence-corrected chi connectivity index (χ4v) is 3.19. The molecule has 0 unspecified atom stereocenters. The topological polar surface area (TPSA) is 93.7 Å². The molecule has 7 heteroatoms. The zero-order valence-corrected chi connectivity index (χ0v) is 16.1. The molecule has 2 aromatic rings. The Bertz CT molecular complexity index is 847. The molecule has 0 saturated heterocycles. The highest BCUT2D eigenvalue weighted by Gasteiger charge is 2.19. The Morgan fingerprint density at radius 1 is 0.931 bits per heavy atom. The van der Waals surface area contributed by atoms with Crippen LogP contribution in [0.4, 0.5) is 4.79 Å². The molecule has 1 fully saturated rings. The highest BCUT2D eigenvalue weighted by molar-refractivity contribution is 5.97. The van der Waals surface area contributed by atoms with E-state index in [2.05, 4.69) is 10.6 Å². The number of rotatable bonds is 7. The molecule has 0 atom stereocenters. The van der Waals surface area contributed by atoms with Crippen LogP contribution in [0.15, 0.2) is 54.6 Å². The largest absolute Gasteiger partial charge is 0.489 e. The molecule has 7 nitrogen and oxygen atoms in total. The van der Waals surface area contributed by atoms with Gasteiger partial charge in [-0.3, -0.25) is 10.1 Å². The Labute approximate surface area is 169 Å². The molecular formula is C22H24N2O5. The predicted molar refractivity (Wildman–Crippen MR) is 106 cm³/mol. The van der Waals surface area contributed by atoms with Crippen LogP contribution in [0, 0.1) is 0 Å². The van der Waals surface area contributed by atoms with Gasteiger partial charge in [0.05, 0.1) is 5.56 Å². The highest BCUT2D eigenvalue weighted by Crippen LogP contribution is 2.17. The third kappa shape index (κ3) is 6.34. The summed E-state index contributed by atoms with van der Waals surface area (Å²) in [6.07, 6.45) is 3.98. The first kappa shape index (κ1) is 20.4. The van der Waals surface area contributed by atoms with Gasteiger partial charge in [-0.1, -0.05) is 49.2 Å². The normalized spacial score (nSPS) is 13.5. The van der Waals surface area contributed by atoms with E-state index in [9.17, 15) is 14.4 Å². The molecule has 3 amide bonds. The van der Waals surface area contributed by atoms with Gasteiger partial charge in [0.2, 0.25) is 0 Å². The molecule has 3 rings (SSSR count). The molecule has 2 aromatic carbocycles. The van der Waals surface area contributed by atoms with Crippen molar-refractivity contribution < 1.29 is 23.9 Å². The molecule has 0 bridgehead atoms. The Hall–Kier alpha value is -3.35. The molecule has 152 valence electrons. The molecule has 0 aliphatic heterocycles. The van der Waals surface area contributed by atoms with Gasteiger partial charge in [-0.15, -0.1) is 0 Å². The summed E-state index contributed by atoms with van der Waals surface area (Å²) >= 11 is 0. The summed E-state index contributed by atoms with van der Waals surface area (Å²) in [5.74, 6) is -0.640. The van der Waals surface area contributed by atoms with Crippen molar-refractivity contribution in [1.82, 2.24) is 10.6 Å². The number of benzene rings is 2. The van der Waals surface area contributed by atoms with Gasteiger partial charge in [0, 0.05) is 11.6 Å². The van der Waals surface area contributed by atoms with E-state index in [0.29, 0.717) is 16.9 Å². The first-order valence-corrected chi connectivity index (χ1v) is 9.65. The Morgan fingerprint density at radius 3 is 2.38 bits per heavy atom. The smallest absolute Gasteiger partial charge is 0.339 e. The van der Waals surface area contributed by atoms with Gasteiger partial charge in [-0.25, -0.2) is 9.59 Å². The molecule has 0 spiro atoms. The number of carbonyl (C=O) groups excluding carboxylic acids is 3. The highest BCUT2D eigenvalue weighted by atomic mass is 16.5. The monoisotopic (exact) mass is 396 g/mol. The van der Waals surface area contributed by atoms with Gasteiger partial charge in [0.15, 0.2) is 6.61 Å². The van der Waals surface area contributed by atoms with Crippen molar-refractivity contribution in [3.63, 3.8) is 0 Å². The quantitative estimate of drug-likeness (QED) is 0.701. The maximum absolute atomic E-state index is 12.4. The second-order valence-corrected chi connectivity index (χ2v) is 6.84. The number of nitrogens with one attached hydrogen (secondary N) is 2. The molecular weight excluding hydrogens is 372 g/mol. The minimum atomic E-state index is -0.674. The van der Waals surface area contributed by atoms with Crippen molar-refractivity contribution in [3.8, 4) is 5.75 Å². The number of hydrogen-bond donors (Lipinski definition) is 2. The van der Waals surface area contributed by atoms with Crippen LogP contribution in [-0.2, 0) is 16.1 Å². The first-order valence-electron chi connectivity index (χ1n) is 9.65. The number of urea groups is 1. The molecule has 1 saturated carbocycles. The Balaban J connectivity index is 1.48. The fourth-order valence-electron chi connectivity index (χ4n) is 3.19. The van der Waals surface area contributed by atoms with E-state index in [1.165, 1.54) is 0 Å². The van der Waals surface area contributed by atoms with Crippen LogP contribution in [-0.4, -0.2) is 30.6 Å². The minimum absolute atomic E-state index is 0.0989. The second kappa shape index (κ2) is 10.3. The van der Waals surface area contributed by atoms with Crippen molar-refractivity contribution in [1.29, 1.82) is 0 Å². The molecule has 29 heavy (non-hydrogen) atoms. The van der Waals surface area contributed by atoms with Gasteiger partial charge in [0.25, 0.3) is 5.91 Å². The van der Waals surface area contributed by atoms with Crippen molar-refractivity contribution in [2.45, 2.75) is 38.3 Å². The average Bonchev–Trinajstić information content (AvgIpc) is 3.24. The summed E-state index contributed by atoms with van der Waals surface area (Å²) in [5, 5.41) is 4.93. The number of esters is 1. The minimum Gasteiger partial charge on any atom is -0.489 e. The second-order valence-electron chi connectivity index (χ2n) is 6.84. The van der Waals surface area contributed by atoms with Crippen molar-refractivity contribution in [2.75, 3.05) is 6.61 Å². The molecule has 1 aliphatic carbocycles. The lowest BCUT2D eigenvalue weighted by atomic mass is 10.1. The number of carbonyl (C=O) groups is 3. The summed E-state index contributed by atoms with van der Waals surface area (Å²) in [6, 6.07) is 15.6. The van der Waals surface area contributed by atoms with Crippen molar-refractivity contribution >= 4 is 17.9 Å². The van der Waals surface area contributed by atoms with E-state index in [4.69, 9.17) is 9.47 Å². The lowest BCUT2D eigenvalue weighted by Gasteiger charge is -2.13. The van der Waals surface area contributed by atoms with Crippen LogP contribution in [0.3, 0.4) is 0 Å². The summed E-state index contributed by atoms with van der Waals surface area (Å²) in [7, 11) is 0. The summed E-state index contributed by atoms with van der Waals surface area (Å²) in [5.41, 5.74) is 0.951. The van der Waals surface area contributed by atoms with Gasteiger partial charge in [-0.2, -0.15) is 0 Å². The molecule has 0 radical (unpaired) electrons. The van der Waals surface area contributed by atoms with Gasteiger partial charge in [0.1, 0.15) is 12.4 Å². The van der Waals surface area contributed by atoms with Crippen LogP contribution >= 0.6 is 0 Å². The molecule has 0 aromatic heterocycles. The van der Waals surface area contributed by atoms with E-state index in [0.717, 1.165) is 25.7 Å². The molecule has 2 N–H and O–H groups in total. The first-order chi connectivity index (χ1) is 14.1. The summed E-state index contributed by atoms with van der Waals surface area (Å²) in [4.78, 5) is 36.1. The fraction of sp³-hybridized carbons (Fsp3) is 0.318. The summed E-state index contributed by atoms with van der Waals surface area (Å²) in [6.45, 7) is -0.351. The maximum atomic E-state index is 12.4. The van der Waals surface area contributed by atoms with E-state index in [1.807, 2.05) is 30.3 Å². The molecule has 0 heterocycles. The van der Waals surface area contributed by atoms with Crippen LogP contribution in [0.2, 0.25) is 0 Å². The van der Waals surface area contributed by atoms with Gasteiger partial charge >= 0.3 is 12.0 Å². The standard InChI is InChI=1S/C22H24N2O5/c25-20(24-22(27)23-17-9-5-6-10-17)15-29-21(26)19-13-7-4-8-16(19)14-28-18-11-2-1-3-12-18/h1-4,7-8,11-13,17H,5-6,9-10,14-15H2,(H2,23,24,25,27). The molecule has 1 aliphatic rings. The zero-order chi connectivity index (χ0) is 20.5. The van der Waals surface area contributed by atoms with Crippen LogP contribution < -0.4 is 15.4 Å². The third-order valence-corrected chi connectivity index (χ3v) is 4.65. The van der Waals surface area contributed by atoms with Crippen LogP contribution in [0.1, 0.15) is 41.6 Å². The van der Waals surface area contributed by atoms with E-state index in [1.54, 1.807) is 24.3 Å². The lowest BCUT2D eigenvalue weighted by molar-refractivity contribution is -0.123. The third-order valence-electron chi connectivity index (χ3n) is 4.65. The zero-order valence-electron chi connectivity index (χ0n) is 16.1. The average molecular weight is 396 g/mol. The Morgan fingerprint density at radius 2 is 1.62 bits per heavy atom. The van der Waals surface area contributed by atoms with Crippen LogP contribution in [0.5, 0.6) is 5.75 Å². The van der Waals surface area contributed by atoms with Gasteiger partial charge < -0.3 is 14.8 Å². The van der Waals surface area contributed by atoms with E-state index < -0.39 is 24.5 Å². The number of ether oxygens (including phenoxy) is 2. The van der Waals surface area contributed by atoms with Crippen molar-refractivity contribution in [3.05, 3.63) is 65.7 Å². The van der Waals surface area contributed by atoms with Crippen molar-refractivity contribution in [2.24, 2.45) is 0 Å². The number of para-hydroxylation sites is 1. The van der Waals surface area contributed by atoms with Gasteiger partial charge in [-0.05, 0) is 31.0 Å². The van der Waals surface area contributed by atoms with Crippen LogP contribution in [0.25, 0.3) is 0 Å². The summed E-state index contributed by atoms with van der Waals surface area (Å²) < 4.78 is 10.8. The van der Waals surface area contributed by atoms with E-state index in [-0.39, 0.29) is 12.6 Å². The van der Waals surface area contributed by atoms with E-state index >= 15 is 0 Å². The number of imide groups is 1. The SMILES string of the molecule is O=C(COC(=O)c1ccccc1COc1ccccc1)NC(=O)NC1CCCC1. The lowest BCUT2D eigenvalue weighted by Crippen LogP contribution is -2.45. The number of hydrogen-bond acceptors (Lipinski definition) is 5. The predicted octanol–water partition coefficient (Wildman–Crippen LogP) is 3.19.